The van der Waals surface area contributed by atoms with E-state index in [1.807, 2.05) is 0 Å². The van der Waals surface area contributed by atoms with Crippen LogP contribution >= 0.6 is 11.6 Å². The van der Waals surface area contributed by atoms with E-state index in [1.54, 1.807) is 0 Å². The third-order valence-electron chi connectivity index (χ3n) is 2.98. The maximum atomic E-state index is 13.1. The Morgan fingerprint density at radius 3 is 2.67 bits per heavy atom. The van der Waals surface area contributed by atoms with E-state index in [-0.39, 0.29) is 22.1 Å². The third kappa shape index (κ3) is 4.60. The van der Waals surface area contributed by atoms with E-state index < -0.39 is 23.7 Å². The molecule has 0 spiro atoms. The molecule has 0 aliphatic heterocycles. The number of ether oxygens (including phenoxy) is 1. The number of halogens is 2. The number of carbonyl (C=O) groups excluding carboxylic acids is 2. The van der Waals surface area contributed by atoms with Crippen LogP contribution in [0.2, 0.25) is 5.02 Å². The van der Waals surface area contributed by atoms with Crippen LogP contribution in [0.15, 0.2) is 42.5 Å². The number of hydrogen-bond acceptors (Lipinski definition) is 4. The fourth-order valence-electron chi connectivity index (χ4n) is 1.78. The highest BCUT2D eigenvalue weighted by molar-refractivity contribution is 6.31. The number of benzene rings is 2. The average molecular weight is 353 g/mol. The maximum absolute atomic E-state index is 13.1. The van der Waals surface area contributed by atoms with Crippen LogP contribution in [0.1, 0.15) is 17.3 Å². The van der Waals surface area contributed by atoms with Gasteiger partial charge in [-0.1, -0.05) is 17.7 Å². The minimum atomic E-state index is -0.986. The minimum absolute atomic E-state index is 0.0958. The molecule has 24 heavy (non-hydrogen) atoms. The van der Waals surface area contributed by atoms with Gasteiger partial charge in [-0.2, -0.15) is 0 Å². The van der Waals surface area contributed by atoms with Crippen LogP contribution in [0.5, 0.6) is 11.5 Å². The van der Waals surface area contributed by atoms with Gasteiger partial charge in [-0.15, -0.1) is 0 Å². The minimum Gasteiger partial charge on any atom is -0.507 e. The van der Waals surface area contributed by atoms with Crippen LogP contribution in [0.4, 0.5) is 4.39 Å². The summed E-state index contributed by atoms with van der Waals surface area (Å²) >= 11 is 5.75. The summed E-state index contributed by atoms with van der Waals surface area (Å²) in [6.45, 7) is 1.43. The predicted molar refractivity (Wildman–Crippen MR) is 85.2 cm³/mol. The molecule has 0 saturated heterocycles. The Morgan fingerprint density at radius 2 is 1.96 bits per heavy atom. The van der Waals surface area contributed by atoms with Gasteiger partial charge in [0.05, 0.1) is 5.56 Å². The van der Waals surface area contributed by atoms with E-state index in [4.69, 9.17) is 16.3 Å². The Labute approximate surface area is 142 Å². The van der Waals surface area contributed by atoms with Crippen LogP contribution in [0.3, 0.4) is 0 Å². The second kappa shape index (κ2) is 7.65. The Hall–Kier alpha value is -2.80. The second-order valence-electron chi connectivity index (χ2n) is 4.82. The highest BCUT2D eigenvalue weighted by atomic mass is 35.5. The molecular formula is C16H14ClFN2O4. The Balaban J connectivity index is 1.92. The molecule has 0 bridgehead atoms. The zero-order valence-corrected chi connectivity index (χ0v) is 13.3. The quantitative estimate of drug-likeness (QED) is 0.737. The molecule has 2 amide bonds. The number of carbonyl (C=O) groups is 2. The summed E-state index contributed by atoms with van der Waals surface area (Å²) in [4.78, 5) is 23.8. The van der Waals surface area contributed by atoms with E-state index in [9.17, 15) is 19.1 Å². The highest BCUT2D eigenvalue weighted by Gasteiger charge is 2.17. The maximum Gasteiger partial charge on any atom is 0.279 e. The number of phenolic OH excluding ortho intramolecular Hbond substituents is 1. The molecule has 0 aromatic heterocycles. The first-order valence-electron chi connectivity index (χ1n) is 6.88. The summed E-state index contributed by atoms with van der Waals surface area (Å²) in [5, 5.41) is 9.86. The van der Waals surface area contributed by atoms with Gasteiger partial charge in [-0.3, -0.25) is 20.4 Å². The van der Waals surface area contributed by atoms with Gasteiger partial charge < -0.3 is 9.84 Å². The van der Waals surface area contributed by atoms with Crippen LogP contribution in [-0.2, 0) is 4.79 Å². The molecular weight excluding hydrogens is 339 g/mol. The summed E-state index contributed by atoms with van der Waals surface area (Å²) in [5.41, 5.74) is 4.19. The lowest BCUT2D eigenvalue weighted by molar-refractivity contribution is -0.128. The molecule has 1 atom stereocenters. The SMILES string of the molecule is CC(Oc1cccc(F)c1)C(=O)NNC(=O)c1cc(Cl)ccc1O. The van der Waals surface area contributed by atoms with Gasteiger partial charge in [0.25, 0.3) is 11.8 Å². The molecule has 0 fully saturated rings. The van der Waals surface area contributed by atoms with Gasteiger partial charge in [-0.05, 0) is 37.3 Å². The lowest BCUT2D eigenvalue weighted by atomic mass is 10.2. The van der Waals surface area contributed by atoms with E-state index in [0.717, 1.165) is 6.07 Å². The van der Waals surface area contributed by atoms with Crippen LogP contribution in [0, 0.1) is 5.82 Å². The fourth-order valence-corrected chi connectivity index (χ4v) is 1.95. The van der Waals surface area contributed by atoms with Crippen molar-refractivity contribution >= 4 is 23.4 Å². The number of amides is 2. The van der Waals surface area contributed by atoms with Crippen molar-refractivity contribution in [3.05, 3.63) is 58.9 Å². The molecule has 2 rings (SSSR count). The number of phenols is 1. The number of nitrogens with one attached hydrogen (secondary N) is 2. The van der Waals surface area contributed by atoms with Crippen molar-refractivity contribution < 1.29 is 23.8 Å². The smallest absolute Gasteiger partial charge is 0.279 e. The van der Waals surface area contributed by atoms with Gasteiger partial charge in [0, 0.05) is 11.1 Å². The van der Waals surface area contributed by atoms with Gasteiger partial charge in [0.2, 0.25) is 0 Å². The van der Waals surface area contributed by atoms with Crippen molar-refractivity contribution in [2.45, 2.75) is 13.0 Å². The zero-order valence-electron chi connectivity index (χ0n) is 12.5. The third-order valence-corrected chi connectivity index (χ3v) is 3.22. The number of aromatic hydroxyl groups is 1. The van der Waals surface area contributed by atoms with Crippen molar-refractivity contribution in [1.29, 1.82) is 0 Å². The molecule has 0 heterocycles. The Bertz CT molecular complexity index is 769. The summed E-state index contributed by atoms with van der Waals surface area (Å²) < 4.78 is 18.3. The van der Waals surface area contributed by atoms with Gasteiger partial charge in [-0.25, -0.2) is 4.39 Å². The molecule has 0 radical (unpaired) electrons. The summed E-state index contributed by atoms with van der Waals surface area (Å²) in [6.07, 6.45) is -0.986. The Morgan fingerprint density at radius 1 is 1.21 bits per heavy atom. The fraction of sp³-hybridized carbons (Fsp3) is 0.125. The lowest BCUT2D eigenvalue weighted by Gasteiger charge is -2.15. The van der Waals surface area contributed by atoms with Crippen molar-refractivity contribution in [2.24, 2.45) is 0 Å². The topological polar surface area (TPSA) is 87.7 Å². The van der Waals surface area contributed by atoms with Crippen molar-refractivity contribution in [3.63, 3.8) is 0 Å². The van der Waals surface area contributed by atoms with Crippen LogP contribution in [-0.4, -0.2) is 23.0 Å². The van der Waals surface area contributed by atoms with E-state index in [0.29, 0.717) is 0 Å². The monoisotopic (exact) mass is 352 g/mol. The largest absolute Gasteiger partial charge is 0.507 e. The number of hydrazine groups is 1. The summed E-state index contributed by atoms with van der Waals surface area (Å²) in [6, 6.07) is 9.25. The second-order valence-corrected chi connectivity index (χ2v) is 5.26. The molecule has 0 aliphatic rings. The Kier molecular flexibility index (Phi) is 5.59. The van der Waals surface area contributed by atoms with E-state index in [2.05, 4.69) is 10.9 Å². The van der Waals surface area contributed by atoms with Gasteiger partial charge >= 0.3 is 0 Å². The predicted octanol–water partition coefficient (Wildman–Crippen LogP) is 2.41. The number of hydrogen-bond donors (Lipinski definition) is 3. The average Bonchev–Trinajstić information content (AvgIpc) is 2.54. The molecule has 0 aliphatic carbocycles. The summed E-state index contributed by atoms with van der Waals surface area (Å²) in [7, 11) is 0. The van der Waals surface area contributed by atoms with Gasteiger partial charge in [0.1, 0.15) is 17.3 Å². The molecule has 2 aromatic carbocycles. The summed E-state index contributed by atoms with van der Waals surface area (Å²) in [5.74, 6) is -2.01. The van der Waals surface area contributed by atoms with Crippen molar-refractivity contribution in [1.82, 2.24) is 10.9 Å². The zero-order chi connectivity index (χ0) is 17.7. The molecule has 2 aromatic rings. The molecule has 3 N–H and O–H groups in total. The van der Waals surface area contributed by atoms with Crippen LogP contribution < -0.4 is 15.6 Å². The van der Waals surface area contributed by atoms with E-state index in [1.165, 1.54) is 43.3 Å². The van der Waals surface area contributed by atoms with E-state index >= 15 is 0 Å². The molecule has 1 unspecified atom stereocenters. The normalized spacial score (nSPS) is 11.5. The first-order valence-corrected chi connectivity index (χ1v) is 7.25. The molecule has 126 valence electrons. The van der Waals surface area contributed by atoms with Crippen LogP contribution in [0.25, 0.3) is 0 Å². The lowest BCUT2D eigenvalue weighted by Crippen LogP contribution is -2.47. The molecule has 0 saturated carbocycles. The standard InChI is InChI=1S/C16H14ClFN2O4/c1-9(24-12-4-2-3-11(18)8-12)15(22)19-20-16(23)13-7-10(17)5-6-14(13)21/h2-9,21H,1H3,(H,19,22)(H,20,23). The highest BCUT2D eigenvalue weighted by Crippen LogP contribution is 2.21. The first-order chi connectivity index (χ1) is 11.4. The van der Waals surface area contributed by atoms with Gasteiger partial charge in [0.15, 0.2) is 6.10 Å². The van der Waals surface area contributed by atoms with Crippen molar-refractivity contribution in [3.8, 4) is 11.5 Å². The number of rotatable bonds is 4. The first kappa shape index (κ1) is 17.6. The molecule has 8 heteroatoms. The molecule has 6 nitrogen and oxygen atoms in total. The van der Waals surface area contributed by atoms with Crippen molar-refractivity contribution in [2.75, 3.05) is 0 Å².